The first kappa shape index (κ1) is 23.1. The molecule has 2 aromatic heterocycles. The van der Waals surface area contributed by atoms with E-state index in [1.807, 2.05) is 61.5 Å². The van der Waals surface area contributed by atoms with E-state index in [9.17, 15) is 9.59 Å². The van der Waals surface area contributed by atoms with Gasteiger partial charge in [0.15, 0.2) is 5.43 Å². The van der Waals surface area contributed by atoms with Crippen LogP contribution < -0.4 is 10.7 Å². The van der Waals surface area contributed by atoms with E-state index in [1.165, 1.54) is 0 Å². The smallest absolute Gasteiger partial charge is 0.342 e. The Morgan fingerprint density at radius 2 is 1.86 bits per heavy atom. The van der Waals surface area contributed by atoms with Gasteiger partial charge in [-0.1, -0.05) is 36.4 Å². The minimum atomic E-state index is -0.423. The van der Waals surface area contributed by atoms with Gasteiger partial charge in [0.2, 0.25) is 5.82 Å². The zero-order valence-corrected chi connectivity index (χ0v) is 20.1. The first-order valence-corrected chi connectivity index (χ1v) is 11.6. The number of nitrogens with zero attached hydrogens (tertiary/aromatic N) is 4. The highest BCUT2D eigenvalue weighted by Gasteiger charge is 2.18. The molecule has 36 heavy (non-hydrogen) atoms. The quantitative estimate of drug-likeness (QED) is 0.344. The van der Waals surface area contributed by atoms with Crippen molar-refractivity contribution in [3.63, 3.8) is 0 Å². The molecule has 2 N–H and O–H groups in total. The first-order valence-electron chi connectivity index (χ1n) is 11.6. The molecule has 180 valence electrons. The third kappa shape index (κ3) is 4.26. The summed E-state index contributed by atoms with van der Waals surface area (Å²) in [5.74, 6) is -0.0120. The summed E-state index contributed by atoms with van der Waals surface area (Å²) in [7, 11) is 0. The maximum Gasteiger partial charge on any atom is 0.342 e. The molecule has 5 rings (SSSR count). The van der Waals surface area contributed by atoms with Crippen LogP contribution in [0.15, 0.2) is 59.4 Å². The van der Waals surface area contributed by atoms with Crippen LogP contribution in [0.3, 0.4) is 0 Å². The van der Waals surface area contributed by atoms with E-state index in [4.69, 9.17) is 4.74 Å². The van der Waals surface area contributed by atoms with Gasteiger partial charge in [0.05, 0.1) is 18.0 Å². The normalized spacial score (nSPS) is 11.1. The maximum absolute atomic E-state index is 13.6. The minimum absolute atomic E-state index is 0.0833. The summed E-state index contributed by atoms with van der Waals surface area (Å²) in [5, 5.41) is 20.5. The van der Waals surface area contributed by atoms with Crippen LogP contribution in [-0.2, 0) is 11.3 Å². The fourth-order valence-corrected chi connectivity index (χ4v) is 4.42. The van der Waals surface area contributed by atoms with Crippen LogP contribution in [0.25, 0.3) is 32.9 Å². The predicted molar refractivity (Wildman–Crippen MR) is 138 cm³/mol. The van der Waals surface area contributed by atoms with Crippen LogP contribution in [0.5, 0.6) is 0 Å². The van der Waals surface area contributed by atoms with Gasteiger partial charge < -0.3 is 10.1 Å². The molecule has 0 fully saturated rings. The monoisotopic (exact) mass is 480 g/mol. The van der Waals surface area contributed by atoms with Crippen molar-refractivity contribution in [2.24, 2.45) is 0 Å². The Kier molecular flexibility index (Phi) is 6.12. The number of tetrazole rings is 1. The number of hydrogen-bond acceptors (Lipinski definition) is 8. The third-order valence-electron chi connectivity index (χ3n) is 6.00. The van der Waals surface area contributed by atoms with Crippen LogP contribution in [-0.4, -0.2) is 38.2 Å². The number of rotatable bonds is 6. The largest absolute Gasteiger partial charge is 0.462 e. The van der Waals surface area contributed by atoms with E-state index in [1.54, 1.807) is 13.8 Å². The van der Waals surface area contributed by atoms with E-state index >= 15 is 0 Å². The lowest BCUT2D eigenvalue weighted by Gasteiger charge is -2.14. The number of anilines is 1. The minimum Gasteiger partial charge on any atom is -0.462 e. The van der Waals surface area contributed by atoms with Crippen LogP contribution in [0.1, 0.15) is 34.2 Å². The van der Waals surface area contributed by atoms with Gasteiger partial charge in [-0.3, -0.25) is 9.78 Å². The number of aromatic amines is 1. The van der Waals surface area contributed by atoms with E-state index in [0.717, 1.165) is 22.0 Å². The maximum atomic E-state index is 13.6. The highest BCUT2D eigenvalue weighted by Crippen LogP contribution is 2.28. The Bertz CT molecular complexity index is 1660. The summed E-state index contributed by atoms with van der Waals surface area (Å²) in [6, 6.07) is 16.9. The number of ether oxygens (including phenoxy) is 1. The second-order valence-corrected chi connectivity index (χ2v) is 8.44. The van der Waals surface area contributed by atoms with Crippen molar-refractivity contribution in [1.29, 1.82) is 0 Å². The van der Waals surface area contributed by atoms with Gasteiger partial charge >= 0.3 is 5.97 Å². The number of fused-ring (bicyclic) bond motifs is 2. The summed E-state index contributed by atoms with van der Waals surface area (Å²) in [6.45, 7) is 6.09. The van der Waals surface area contributed by atoms with Crippen molar-refractivity contribution in [3.05, 3.63) is 87.3 Å². The van der Waals surface area contributed by atoms with Gasteiger partial charge in [-0.05, 0) is 60.5 Å². The molecule has 0 saturated heterocycles. The number of carbonyl (C=O) groups excluding carboxylic acids is 1. The molecule has 0 aliphatic heterocycles. The lowest BCUT2D eigenvalue weighted by molar-refractivity contribution is 0.0526. The van der Waals surface area contributed by atoms with Crippen molar-refractivity contribution in [3.8, 4) is 11.4 Å². The number of esters is 1. The van der Waals surface area contributed by atoms with Crippen LogP contribution in [0, 0.1) is 13.8 Å². The second kappa shape index (κ2) is 9.53. The van der Waals surface area contributed by atoms with Gasteiger partial charge in [0.1, 0.15) is 5.56 Å². The van der Waals surface area contributed by atoms with Crippen LogP contribution in [0.2, 0.25) is 0 Å². The van der Waals surface area contributed by atoms with Crippen LogP contribution >= 0.6 is 0 Å². The molecule has 3 aromatic carbocycles. The van der Waals surface area contributed by atoms with Crippen molar-refractivity contribution >= 4 is 33.2 Å². The number of aromatic nitrogens is 5. The fraction of sp³-hybridized carbons (Fsp3) is 0.185. The predicted octanol–water partition coefficient (Wildman–Crippen LogP) is 4.33. The van der Waals surface area contributed by atoms with Crippen molar-refractivity contribution < 1.29 is 9.53 Å². The molecule has 0 amide bonds. The Morgan fingerprint density at radius 1 is 1.03 bits per heavy atom. The summed E-state index contributed by atoms with van der Waals surface area (Å²) in [5.41, 5.74) is 3.92. The molecule has 0 aliphatic carbocycles. The molecule has 0 bridgehead atoms. The van der Waals surface area contributed by atoms with Crippen molar-refractivity contribution in [2.75, 3.05) is 11.9 Å². The average molecular weight is 481 g/mol. The number of pyridine rings is 1. The summed E-state index contributed by atoms with van der Waals surface area (Å²) in [4.78, 5) is 30.6. The van der Waals surface area contributed by atoms with Crippen molar-refractivity contribution in [2.45, 2.75) is 27.3 Å². The molecule has 0 unspecified atom stereocenters. The van der Waals surface area contributed by atoms with E-state index in [2.05, 4.69) is 30.9 Å². The molecule has 0 aliphatic rings. The zero-order chi connectivity index (χ0) is 25.2. The Balaban J connectivity index is 1.61. The molecule has 0 saturated carbocycles. The van der Waals surface area contributed by atoms with E-state index < -0.39 is 5.97 Å². The molecule has 5 aromatic rings. The van der Waals surface area contributed by atoms with Gasteiger partial charge in [-0.15, -0.1) is 10.2 Å². The molecule has 9 nitrogen and oxygen atoms in total. The van der Waals surface area contributed by atoms with Crippen molar-refractivity contribution in [1.82, 2.24) is 25.6 Å². The number of carbonyl (C=O) groups is 1. The standard InChI is InChI=1S/C27H24N6O3/c1-4-36-27(35)24-16(3)29-15(2)11-23(24)28-14-17-9-10-20-21(12-17)25(34)19-8-6-5-7-18(19)13-22(20)26-30-32-33-31-26/h5-13H,4,14H2,1-3H3,(H,28,29)(H,30,31,32,33). The SMILES string of the molecule is CCOC(=O)c1c(NCc2ccc3c(-c4nn[nH]n4)cc4ccccc4c(=O)c3c2)cc(C)nc1C. The number of hydrogen-bond donors (Lipinski definition) is 2. The zero-order valence-electron chi connectivity index (χ0n) is 20.1. The lowest BCUT2D eigenvalue weighted by Crippen LogP contribution is -2.13. The highest BCUT2D eigenvalue weighted by molar-refractivity contribution is 6.02. The topological polar surface area (TPSA) is 123 Å². The molecule has 0 spiro atoms. The Morgan fingerprint density at radius 3 is 2.64 bits per heavy atom. The number of nitrogens with one attached hydrogen (secondary N) is 2. The molecular formula is C27H24N6O3. The molecule has 9 heteroatoms. The molecule has 0 atom stereocenters. The molecule has 0 radical (unpaired) electrons. The average Bonchev–Trinajstić information content (AvgIpc) is 3.36. The van der Waals surface area contributed by atoms with Gasteiger partial charge in [0, 0.05) is 28.6 Å². The fourth-order valence-electron chi connectivity index (χ4n) is 4.42. The highest BCUT2D eigenvalue weighted by atomic mass is 16.5. The number of aryl methyl sites for hydroxylation is 2. The number of H-pyrrole nitrogens is 1. The second-order valence-electron chi connectivity index (χ2n) is 8.44. The Hall–Kier alpha value is -4.66. The molecular weight excluding hydrogens is 456 g/mol. The lowest BCUT2D eigenvalue weighted by atomic mass is 10.0. The third-order valence-corrected chi connectivity index (χ3v) is 6.00. The summed E-state index contributed by atoms with van der Waals surface area (Å²) >= 11 is 0. The Labute approximate surface area is 206 Å². The molecule has 2 heterocycles. The first-order chi connectivity index (χ1) is 17.5. The van der Waals surface area contributed by atoms with Gasteiger partial charge in [0.25, 0.3) is 0 Å². The van der Waals surface area contributed by atoms with E-state index in [0.29, 0.717) is 45.6 Å². The number of benzene rings is 2. The van der Waals surface area contributed by atoms with Crippen LogP contribution in [0.4, 0.5) is 5.69 Å². The summed E-state index contributed by atoms with van der Waals surface area (Å²) in [6.07, 6.45) is 0. The van der Waals surface area contributed by atoms with E-state index in [-0.39, 0.29) is 12.0 Å². The van der Waals surface area contributed by atoms with Gasteiger partial charge in [-0.2, -0.15) is 5.21 Å². The van der Waals surface area contributed by atoms with Gasteiger partial charge in [-0.25, -0.2) is 4.79 Å². The summed E-state index contributed by atoms with van der Waals surface area (Å²) < 4.78 is 5.23.